The number of likely N-dealkylation sites (N-methyl/N-ethyl adjacent to an activating group) is 2. The first kappa shape index (κ1) is 59.7. The zero-order valence-corrected chi connectivity index (χ0v) is 48.9. The maximum atomic E-state index is 14.9. The molecule has 16 heteroatoms. The van der Waals surface area contributed by atoms with Gasteiger partial charge in [0.1, 0.15) is 24.2 Å². The van der Waals surface area contributed by atoms with Crippen molar-refractivity contribution in [2.45, 2.75) is 153 Å². The van der Waals surface area contributed by atoms with Crippen molar-refractivity contribution in [1.82, 2.24) is 47.0 Å². The van der Waals surface area contributed by atoms with Gasteiger partial charge in [0.05, 0.1) is 24.2 Å². The zero-order chi connectivity index (χ0) is 59.0. The normalized spacial score (nSPS) is 20.8. The van der Waals surface area contributed by atoms with Gasteiger partial charge in [-0.1, -0.05) is 142 Å². The van der Waals surface area contributed by atoms with Crippen LogP contribution in [0.5, 0.6) is 0 Å². The predicted octanol–water partition coefficient (Wildman–Crippen LogP) is 6.67. The summed E-state index contributed by atoms with van der Waals surface area (Å²) < 4.78 is 0. The monoisotopic (exact) mass is 1120 g/mol. The molecule has 1 saturated heterocycles. The first-order valence-corrected chi connectivity index (χ1v) is 29.5. The summed E-state index contributed by atoms with van der Waals surface area (Å²) in [6, 6.07) is 33.5. The second-order valence-electron chi connectivity index (χ2n) is 24.0. The molecule has 4 aliphatic rings. The molecule has 0 spiro atoms. The summed E-state index contributed by atoms with van der Waals surface area (Å²) in [6.07, 6.45) is 9.97. The molecule has 16 nitrogen and oxygen atoms in total. The Balaban J connectivity index is 0.863. The Morgan fingerprint density at radius 1 is 0.578 bits per heavy atom. The van der Waals surface area contributed by atoms with E-state index in [0.29, 0.717) is 12.0 Å². The van der Waals surface area contributed by atoms with Gasteiger partial charge in [0.15, 0.2) is 0 Å². The highest BCUT2D eigenvalue weighted by Crippen LogP contribution is 2.34. The first-order valence-electron chi connectivity index (χ1n) is 29.5. The van der Waals surface area contributed by atoms with Gasteiger partial charge in [0, 0.05) is 37.5 Å². The molecule has 436 valence electrons. The molecule has 5 aromatic carbocycles. The Morgan fingerprint density at radius 2 is 1.08 bits per heavy atom. The minimum atomic E-state index is -0.959. The smallest absolute Gasteiger partial charge is 0.251 e. The van der Waals surface area contributed by atoms with E-state index >= 15 is 0 Å². The molecular formula is C67H81N9O7. The zero-order valence-electron chi connectivity index (χ0n) is 48.9. The lowest BCUT2D eigenvalue weighted by molar-refractivity contribution is -0.145. The number of hydrogen-bond donors (Lipinski definition) is 7. The number of fused-ring (bicyclic) bond motifs is 3. The van der Waals surface area contributed by atoms with Crippen molar-refractivity contribution in [3.63, 3.8) is 0 Å². The molecule has 83 heavy (non-hydrogen) atoms. The highest BCUT2D eigenvalue weighted by atomic mass is 16.2. The van der Waals surface area contributed by atoms with Crippen LogP contribution in [0.2, 0.25) is 0 Å². The topological polar surface area (TPSA) is 210 Å². The van der Waals surface area contributed by atoms with Gasteiger partial charge in [-0.05, 0) is 141 Å². The Hall–Kier alpha value is -7.95. The van der Waals surface area contributed by atoms with Crippen LogP contribution in [-0.4, -0.2) is 114 Å². The number of nitrogens with zero attached hydrogens (tertiary/aromatic N) is 2. The maximum Gasteiger partial charge on any atom is 0.251 e. The lowest BCUT2D eigenvalue weighted by Crippen LogP contribution is -2.59. The van der Waals surface area contributed by atoms with E-state index in [1.165, 1.54) is 16.0 Å². The number of hydrogen-bond acceptors (Lipinski definition) is 9. The molecule has 0 saturated carbocycles. The molecule has 5 aromatic rings. The molecule has 9 atom stereocenters. The summed E-state index contributed by atoms with van der Waals surface area (Å²) in [6.45, 7) is 9.39. The van der Waals surface area contributed by atoms with Crippen LogP contribution in [0.3, 0.4) is 0 Å². The van der Waals surface area contributed by atoms with Crippen molar-refractivity contribution < 1.29 is 33.6 Å². The summed E-state index contributed by atoms with van der Waals surface area (Å²) in [5, 5.41) is 21.5. The minimum Gasteiger partial charge on any atom is -0.347 e. The van der Waals surface area contributed by atoms with Gasteiger partial charge in [-0.15, -0.1) is 0 Å². The standard InChI is InChI=1S/C67H81N9O7/c1-41(68-6)60(77)73-56(65(82)75-39-50-19-9-8-18-49(50)37-57(75)63(80)71-54-24-14-20-46-16-10-12-22-52(46)54)36-45-30-28-43(29-31-45)26-27-44-32-34-48(35-33-44)62(79)70-51-38-58(64(81)72-55-25-15-21-47-17-11-13-23-53(47)55)76(40-51)66(83)59(67(3,4)5)74-61(78)42(2)69-7/h8-13,16-19,22-23,26-35,41-42,51,54-59,68-69H,14-15,20-21,24-25,36-40H2,1-7H3,(H,70,79)(H,71,80)(H,72,81)(H,73,77)(H,74,78)/b27-26+/t41-,42-,51?,54+,55+,56-,57?,58?,59+/m0/s1. The van der Waals surface area contributed by atoms with Crippen LogP contribution in [0.15, 0.2) is 121 Å². The van der Waals surface area contributed by atoms with Gasteiger partial charge in [-0.3, -0.25) is 33.6 Å². The predicted molar refractivity (Wildman–Crippen MR) is 322 cm³/mol. The third kappa shape index (κ3) is 14.3. The van der Waals surface area contributed by atoms with E-state index in [1.54, 1.807) is 45.0 Å². The van der Waals surface area contributed by atoms with Crippen molar-refractivity contribution in [3.8, 4) is 0 Å². The van der Waals surface area contributed by atoms with Crippen LogP contribution in [0.4, 0.5) is 0 Å². The Kier molecular flexibility index (Phi) is 19.1. The molecule has 2 aliphatic heterocycles. The molecule has 2 aliphatic carbocycles. The molecule has 9 rings (SSSR count). The number of carbonyl (C=O) groups is 7. The summed E-state index contributed by atoms with van der Waals surface area (Å²) in [5.74, 6) is -2.24. The summed E-state index contributed by atoms with van der Waals surface area (Å²) in [4.78, 5) is 102. The van der Waals surface area contributed by atoms with Crippen molar-refractivity contribution in [1.29, 1.82) is 0 Å². The molecular weight excluding hydrogens is 1040 g/mol. The fourth-order valence-electron chi connectivity index (χ4n) is 12.0. The number of likely N-dealkylation sites (tertiary alicyclic amines) is 1. The van der Waals surface area contributed by atoms with Crippen LogP contribution >= 0.6 is 0 Å². The largest absolute Gasteiger partial charge is 0.347 e. The van der Waals surface area contributed by atoms with Crippen molar-refractivity contribution in [2.24, 2.45) is 5.41 Å². The van der Waals surface area contributed by atoms with E-state index < -0.39 is 47.7 Å². The second-order valence-corrected chi connectivity index (χ2v) is 24.0. The number of benzene rings is 5. The number of carbonyl (C=O) groups excluding carboxylic acids is 7. The van der Waals surface area contributed by atoms with Crippen LogP contribution in [0.25, 0.3) is 12.2 Å². The average Bonchev–Trinajstić information content (AvgIpc) is 3.99. The fraction of sp³-hybridized carbons (Fsp3) is 0.418. The molecule has 0 aromatic heterocycles. The summed E-state index contributed by atoms with van der Waals surface area (Å²) in [5.41, 5.74) is 8.85. The van der Waals surface area contributed by atoms with Gasteiger partial charge >= 0.3 is 0 Å². The van der Waals surface area contributed by atoms with Gasteiger partial charge in [0.25, 0.3) is 5.91 Å². The van der Waals surface area contributed by atoms with Crippen LogP contribution in [0.1, 0.15) is 139 Å². The van der Waals surface area contributed by atoms with E-state index in [2.05, 4.69) is 55.4 Å². The number of aryl methyl sites for hydroxylation is 2. The third-order valence-electron chi connectivity index (χ3n) is 17.2. The van der Waals surface area contributed by atoms with E-state index in [0.717, 1.165) is 77.5 Å². The third-order valence-corrected chi connectivity index (χ3v) is 17.2. The SMILES string of the molecule is CN[C@@H](C)C(=O)N[C@@H](Cc1ccc(/C=C/c2ccc(C(=O)NC3CC(C(=O)N[C@@H]4CCCc5ccccc54)N(C(=O)[C@@H](NC(=O)[C@H](C)NC)C(C)(C)C)C3)cc2)cc1)C(=O)N1Cc2ccccc2CC1C(=O)N[C@@H]1CCCc2ccccc21. The Morgan fingerprint density at radius 3 is 1.64 bits per heavy atom. The van der Waals surface area contributed by atoms with Crippen molar-refractivity contribution >= 4 is 53.5 Å². The molecule has 3 unspecified atom stereocenters. The summed E-state index contributed by atoms with van der Waals surface area (Å²) >= 11 is 0. The lowest BCUT2D eigenvalue weighted by Gasteiger charge is -2.39. The quantitative estimate of drug-likeness (QED) is 0.0467. The molecule has 0 radical (unpaired) electrons. The van der Waals surface area contributed by atoms with E-state index in [4.69, 9.17) is 0 Å². The number of amides is 7. The van der Waals surface area contributed by atoms with E-state index in [1.807, 2.05) is 124 Å². The highest BCUT2D eigenvalue weighted by Gasteiger charge is 2.46. The Bertz CT molecular complexity index is 3210. The highest BCUT2D eigenvalue weighted by molar-refractivity contribution is 5.97. The first-order chi connectivity index (χ1) is 39.9. The van der Waals surface area contributed by atoms with E-state index in [9.17, 15) is 33.6 Å². The van der Waals surface area contributed by atoms with Crippen LogP contribution in [0, 0.1) is 5.41 Å². The van der Waals surface area contributed by atoms with Gasteiger partial charge < -0.3 is 47.0 Å². The molecule has 7 N–H and O–H groups in total. The number of nitrogens with one attached hydrogen (secondary N) is 7. The van der Waals surface area contributed by atoms with Gasteiger partial charge in [0.2, 0.25) is 35.4 Å². The fourth-order valence-corrected chi connectivity index (χ4v) is 12.0. The summed E-state index contributed by atoms with van der Waals surface area (Å²) in [7, 11) is 3.37. The van der Waals surface area contributed by atoms with E-state index in [-0.39, 0.29) is 79.4 Å². The van der Waals surface area contributed by atoms with Gasteiger partial charge in [-0.25, -0.2) is 0 Å². The van der Waals surface area contributed by atoms with Crippen LogP contribution < -0.4 is 37.2 Å². The molecule has 2 heterocycles. The average molecular weight is 1120 g/mol. The Labute approximate surface area is 488 Å². The van der Waals surface area contributed by atoms with Crippen molar-refractivity contribution in [3.05, 3.63) is 177 Å². The van der Waals surface area contributed by atoms with Crippen LogP contribution in [-0.2, 0) is 61.0 Å². The molecule has 7 amide bonds. The molecule has 0 bridgehead atoms. The van der Waals surface area contributed by atoms with Gasteiger partial charge in [-0.2, -0.15) is 0 Å². The number of rotatable bonds is 18. The lowest BCUT2D eigenvalue weighted by atomic mass is 9.85. The second kappa shape index (κ2) is 26.5. The minimum absolute atomic E-state index is 0.0812. The molecule has 1 fully saturated rings. The maximum absolute atomic E-state index is 14.9. The van der Waals surface area contributed by atoms with Crippen molar-refractivity contribution in [2.75, 3.05) is 20.6 Å².